The van der Waals surface area contributed by atoms with Gasteiger partial charge in [-0.2, -0.15) is 0 Å². The van der Waals surface area contributed by atoms with E-state index in [9.17, 15) is 19.8 Å². The summed E-state index contributed by atoms with van der Waals surface area (Å²) in [7, 11) is 0. The summed E-state index contributed by atoms with van der Waals surface area (Å²) in [5, 5.41) is 22.1. The van der Waals surface area contributed by atoms with Crippen LogP contribution >= 0.6 is 0 Å². The molecule has 5 fully saturated rings. The Balaban J connectivity index is 1.31. The van der Waals surface area contributed by atoms with Gasteiger partial charge in [0.25, 0.3) is 0 Å². The largest absolute Gasteiger partial charge is 0.463 e. The molecule has 39 heavy (non-hydrogen) atoms. The van der Waals surface area contributed by atoms with Crippen LogP contribution in [0.3, 0.4) is 0 Å². The molecule has 5 heterocycles. The number of fused-ring (bicyclic) bond motifs is 1. The lowest BCUT2D eigenvalue weighted by molar-refractivity contribution is -0.233. The van der Waals surface area contributed by atoms with E-state index in [0.717, 1.165) is 6.42 Å². The van der Waals surface area contributed by atoms with Crippen LogP contribution < -0.4 is 0 Å². The molecule has 4 saturated heterocycles. The van der Waals surface area contributed by atoms with Gasteiger partial charge in [-0.3, -0.25) is 0 Å². The summed E-state index contributed by atoms with van der Waals surface area (Å²) < 4.78 is 36.7. The summed E-state index contributed by atoms with van der Waals surface area (Å²) in [6, 6.07) is 0. The van der Waals surface area contributed by atoms with Crippen LogP contribution in [0.5, 0.6) is 0 Å². The predicted molar refractivity (Wildman–Crippen MR) is 133 cm³/mol. The zero-order chi connectivity index (χ0) is 27.4. The van der Waals surface area contributed by atoms with Crippen molar-refractivity contribution in [1.82, 2.24) is 0 Å². The molecule has 7 rings (SSSR count). The number of allylic oxidation sites excluding steroid dienone is 3. The third kappa shape index (κ3) is 3.18. The number of cyclic esters (lactones) is 1. The quantitative estimate of drug-likeness (QED) is 0.282. The van der Waals surface area contributed by atoms with Crippen molar-refractivity contribution in [3.05, 3.63) is 36.0 Å². The molecule has 3 spiro atoms. The molecule has 0 radical (unpaired) electrons. The Morgan fingerprint density at radius 2 is 1.90 bits per heavy atom. The number of carbonyl (C=O) groups excluding carboxylic acids is 2. The van der Waals surface area contributed by atoms with Gasteiger partial charge in [-0.1, -0.05) is 30.7 Å². The number of carbonyl (C=O) groups is 2. The van der Waals surface area contributed by atoms with Gasteiger partial charge in [-0.25, -0.2) is 9.59 Å². The molecule has 11 atom stereocenters. The van der Waals surface area contributed by atoms with Gasteiger partial charge in [0.05, 0.1) is 36.9 Å². The van der Waals surface area contributed by atoms with Crippen molar-refractivity contribution in [1.29, 1.82) is 0 Å². The highest BCUT2D eigenvalue weighted by Crippen LogP contribution is 2.72. The fraction of sp³-hybridized carbons (Fsp3) is 0.724. The number of epoxide rings is 2. The van der Waals surface area contributed by atoms with Crippen molar-refractivity contribution in [2.24, 2.45) is 10.8 Å². The van der Waals surface area contributed by atoms with Crippen molar-refractivity contribution in [2.45, 2.75) is 99.9 Å². The van der Waals surface area contributed by atoms with Crippen LogP contribution in [0, 0.1) is 10.8 Å². The lowest BCUT2D eigenvalue weighted by Crippen LogP contribution is -2.67. The molecule has 1 saturated carbocycles. The lowest BCUT2D eigenvalue weighted by atomic mass is 9.51. The zero-order valence-corrected chi connectivity index (χ0v) is 22.5. The Morgan fingerprint density at radius 3 is 2.64 bits per heavy atom. The summed E-state index contributed by atoms with van der Waals surface area (Å²) in [6.07, 6.45) is 5.66. The Bertz CT molecular complexity index is 1190. The van der Waals surface area contributed by atoms with Crippen molar-refractivity contribution in [3.8, 4) is 0 Å². The Labute approximate surface area is 226 Å². The summed E-state index contributed by atoms with van der Waals surface area (Å²) in [6.45, 7) is 6.35. The third-order valence-electron chi connectivity index (χ3n) is 11.0. The molecule has 0 aromatic rings. The highest BCUT2D eigenvalue weighted by Gasteiger charge is 2.83. The molecule has 10 heteroatoms. The molecule has 0 aromatic carbocycles. The average molecular weight is 545 g/mol. The van der Waals surface area contributed by atoms with Crippen molar-refractivity contribution in [3.63, 3.8) is 0 Å². The van der Waals surface area contributed by atoms with Crippen LogP contribution in [-0.4, -0.2) is 95.4 Å². The van der Waals surface area contributed by atoms with E-state index < -0.39 is 64.0 Å². The first-order valence-electron chi connectivity index (χ1n) is 13.9. The number of ether oxygens (including phenoxy) is 6. The number of rotatable bonds is 1. The van der Waals surface area contributed by atoms with Crippen LogP contribution in [0.25, 0.3) is 0 Å². The first-order valence-corrected chi connectivity index (χ1v) is 13.9. The second-order valence-electron chi connectivity index (χ2n) is 12.6. The summed E-state index contributed by atoms with van der Waals surface area (Å²) in [5.41, 5.74) is -3.53. The fourth-order valence-electron chi connectivity index (χ4n) is 8.37. The minimum atomic E-state index is -1.53. The smallest absolute Gasteiger partial charge is 0.338 e. The maximum atomic E-state index is 13.5. The second-order valence-corrected chi connectivity index (χ2v) is 12.6. The van der Waals surface area contributed by atoms with E-state index in [0.29, 0.717) is 19.4 Å². The predicted octanol–water partition coefficient (Wildman–Crippen LogP) is 1.28. The zero-order valence-electron chi connectivity index (χ0n) is 22.5. The lowest BCUT2D eigenvalue weighted by Gasteiger charge is -2.58. The van der Waals surface area contributed by atoms with Gasteiger partial charge in [0.2, 0.25) is 0 Å². The van der Waals surface area contributed by atoms with E-state index in [1.807, 2.05) is 0 Å². The molecule has 5 aliphatic heterocycles. The maximum absolute atomic E-state index is 13.5. The molecule has 11 unspecified atom stereocenters. The topological polar surface area (TPSA) is 137 Å². The van der Waals surface area contributed by atoms with E-state index in [1.54, 1.807) is 0 Å². The number of aliphatic hydroxyl groups is 2. The van der Waals surface area contributed by atoms with Gasteiger partial charge in [-0.15, -0.1) is 0 Å². The second kappa shape index (κ2) is 8.24. The van der Waals surface area contributed by atoms with Crippen molar-refractivity contribution < 1.29 is 48.2 Å². The highest BCUT2D eigenvalue weighted by molar-refractivity contribution is 5.82. The van der Waals surface area contributed by atoms with E-state index in [1.165, 1.54) is 36.8 Å². The molecule has 2 aliphatic carbocycles. The summed E-state index contributed by atoms with van der Waals surface area (Å²) >= 11 is 0. The Morgan fingerprint density at radius 1 is 1.10 bits per heavy atom. The molecule has 212 valence electrons. The molecular weight excluding hydrogens is 508 g/mol. The van der Waals surface area contributed by atoms with Crippen molar-refractivity contribution in [2.75, 3.05) is 19.8 Å². The Hall–Kier alpha value is -2.08. The van der Waals surface area contributed by atoms with Crippen LogP contribution in [0.4, 0.5) is 0 Å². The number of aliphatic hydroxyl groups excluding tert-OH is 2. The van der Waals surface area contributed by atoms with Crippen LogP contribution in [-0.2, 0) is 38.0 Å². The summed E-state index contributed by atoms with van der Waals surface area (Å²) in [5.74, 6) is -1.10. The van der Waals surface area contributed by atoms with Gasteiger partial charge in [0.15, 0.2) is 6.10 Å². The van der Waals surface area contributed by atoms with Gasteiger partial charge in [0, 0.05) is 24.3 Å². The highest BCUT2D eigenvalue weighted by atomic mass is 16.7. The third-order valence-corrected chi connectivity index (χ3v) is 11.0. The first kappa shape index (κ1) is 25.9. The molecule has 10 nitrogen and oxygen atoms in total. The van der Waals surface area contributed by atoms with E-state index in [2.05, 4.69) is 19.9 Å². The van der Waals surface area contributed by atoms with Crippen LogP contribution in [0.15, 0.2) is 36.0 Å². The van der Waals surface area contributed by atoms with Crippen LogP contribution in [0.1, 0.15) is 46.5 Å². The molecule has 0 aromatic heterocycles. The Kier molecular flexibility index (Phi) is 5.46. The number of hydrogen-bond donors (Lipinski definition) is 2. The van der Waals surface area contributed by atoms with E-state index in [-0.39, 0.29) is 31.8 Å². The minimum absolute atomic E-state index is 0.0302. The maximum Gasteiger partial charge on any atom is 0.338 e. The monoisotopic (exact) mass is 544 g/mol. The molecule has 0 amide bonds. The number of esters is 2. The first-order chi connectivity index (χ1) is 18.5. The van der Waals surface area contributed by atoms with E-state index >= 15 is 0 Å². The molecule has 7 aliphatic rings. The standard InChI is InChI=1S/C29H36O10/c1-16-7-9-26-14-34-23(32)22-28(39-22)10-11-35-27(17(2)30,24(28)33)8-5-4-6-21(31)38-18-13-20(37-19(26)12-16)29(15-36-29)25(18,26)3/h4-6,8,12,17-20,22,24,30,33H,7,9-11,13-15H2,1-3H3/b6-4-,8-5+. The normalized spacial score (nSPS) is 54.4. The van der Waals surface area contributed by atoms with Gasteiger partial charge >= 0.3 is 11.9 Å². The fourth-order valence-corrected chi connectivity index (χ4v) is 8.37. The SMILES string of the molecule is CC1=CC2OC3CC4OC(=O)/C=C\C=C\C5(C(C)O)OCCC6(OC6C(=O)OCC2(CC1)C4(C)C31CO1)C5O. The van der Waals surface area contributed by atoms with Crippen molar-refractivity contribution >= 4 is 11.9 Å². The summed E-state index contributed by atoms with van der Waals surface area (Å²) in [4.78, 5) is 26.6. The average Bonchev–Trinajstić information content (AvgIpc) is 3.81. The molecular formula is C29H36O10. The van der Waals surface area contributed by atoms with Gasteiger partial charge in [0.1, 0.15) is 35.6 Å². The van der Waals surface area contributed by atoms with Gasteiger partial charge < -0.3 is 38.6 Å². The minimum Gasteiger partial charge on any atom is -0.463 e. The molecule has 2 N–H and O–H groups in total. The molecule has 4 bridgehead atoms. The van der Waals surface area contributed by atoms with Crippen LogP contribution in [0.2, 0.25) is 0 Å². The number of hydrogen-bond acceptors (Lipinski definition) is 10. The van der Waals surface area contributed by atoms with Gasteiger partial charge in [-0.05, 0) is 32.8 Å². The van der Waals surface area contributed by atoms with E-state index in [4.69, 9.17) is 28.4 Å².